The zero-order valence-corrected chi connectivity index (χ0v) is 18.2. The third kappa shape index (κ3) is 9.07. The molecule has 5 nitrogen and oxygen atoms in total. The van der Waals surface area contributed by atoms with Gasteiger partial charge in [-0.05, 0) is 57.2 Å². The molecule has 2 N–H and O–H groups in total. The summed E-state index contributed by atoms with van der Waals surface area (Å²) in [5.74, 6) is -0.787. The SMILES string of the molecule is CC(C)OC(=O)CCC/C=C\C[C@@H]1[C@H](/C=C/C(F)=C/Oc2ccccc2)[C@H](O)C[C@@H]1O. The molecule has 2 rings (SSSR count). The van der Waals surface area contributed by atoms with E-state index in [1.165, 1.54) is 6.08 Å². The number of aliphatic hydroxyl groups is 2. The van der Waals surface area contributed by atoms with Crippen molar-refractivity contribution in [2.45, 2.75) is 64.3 Å². The van der Waals surface area contributed by atoms with E-state index in [0.29, 0.717) is 25.0 Å². The molecule has 1 aliphatic carbocycles. The molecule has 1 saturated carbocycles. The first-order valence-corrected chi connectivity index (χ1v) is 10.8. The Morgan fingerprint density at radius 3 is 2.65 bits per heavy atom. The number of carbonyl (C=O) groups excluding carboxylic acids is 1. The van der Waals surface area contributed by atoms with Gasteiger partial charge in [0.25, 0.3) is 0 Å². The molecule has 0 radical (unpaired) electrons. The zero-order valence-electron chi connectivity index (χ0n) is 18.2. The number of aliphatic hydroxyl groups excluding tert-OH is 2. The van der Waals surface area contributed by atoms with Gasteiger partial charge in [-0.1, -0.05) is 36.4 Å². The number of benzene rings is 1. The lowest BCUT2D eigenvalue weighted by Crippen LogP contribution is -2.19. The molecule has 0 saturated heterocycles. The van der Waals surface area contributed by atoms with Crippen LogP contribution in [0.3, 0.4) is 0 Å². The molecular formula is C25H33FO5. The Bertz CT molecular complexity index is 756. The molecule has 1 fully saturated rings. The van der Waals surface area contributed by atoms with E-state index in [-0.39, 0.29) is 30.3 Å². The van der Waals surface area contributed by atoms with Crippen molar-refractivity contribution in [2.24, 2.45) is 11.8 Å². The summed E-state index contributed by atoms with van der Waals surface area (Å²) in [4.78, 5) is 11.5. The highest BCUT2D eigenvalue weighted by atomic mass is 19.1. The summed E-state index contributed by atoms with van der Waals surface area (Å²) in [6.07, 6.45) is 8.95. The van der Waals surface area contributed by atoms with Gasteiger partial charge in [0.15, 0.2) is 5.83 Å². The van der Waals surface area contributed by atoms with Crippen molar-refractivity contribution < 1.29 is 28.9 Å². The molecule has 1 aliphatic rings. The zero-order chi connectivity index (χ0) is 22.6. The number of halogens is 1. The van der Waals surface area contributed by atoms with E-state index in [4.69, 9.17) is 9.47 Å². The third-order valence-electron chi connectivity index (χ3n) is 5.14. The van der Waals surface area contributed by atoms with Crippen LogP contribution in [0.2, 0.25) is 0 Å². The summed E-state index contributed by atoms with van der Waals surface area (Å²) in [6.45, 7) is 3.64. The molecule has 1 aromatic rings. The molecule has 0 spiro atoms. The smallest absolute Gasteiger partial charge is 0.306 e. The number of para-hydroxylation sites is 1. The maximum atomic E-state index is 14.1. The lowest BCUT2D eigenvalue weighted by Gasteiger charge is -2.19. The van der Waals surface area contributed by atoms with Gasteiger partial charge < -0.3 is 19.7 Å². The van der Waals surface area contributed by atoms with E-state index in [1.807, 2.05) is 32.1 Å². The second-order valence-corrected chi connectivity index (χ2v) is 8.04. The van der Waals surface area contributed by atoms with Crippen LogP contribution < -0.4 is 4.74 Å². The van der Waals surface area contributed by atoms with Gasteiger partial charge in [0.1, 0.15) is 12.0 Å². The average molecular weight is 433 g/mol. The van der Waals surface area contributed by atoms with Crippen LogP contribution in [-0.4, -0.2) is 34.5 Å². The van der Waals surface area contributed by atoms with Gasteiger partial charge in [0, 0.05) is 18.8 Å². The van der Waals surface area contributed by atoms with Gasteiger partial charge in [0.2, 0.25) is 0 Å². The fourth-order valence-electron chi connectivity index (χ4n) is 3.63. The molecule has 0 unspecified atom stereocenters. The number of ether oxygens (including phenoxy) is 2. The van der Waals surface area contributed by atoms with E-state index >= 15 is 0 Å². The summed E-state index contributed by atoms with van der Waals surface area (Å²) in [5.41, 5.74) is 0. The molecule has 1 aromatic carbocycles. The van der Waals surface area contributed by atoms with Crippen molar-refractivity contribution in [3.05, 3.63) is 66.7 Å². The Morgan fingerprint density at radius 1 is 1.19 bits per heavy atom. The Morgan fingerprint density at radius 2 is 1.94 bits per heavy atom. The molecule has 0 aliphatic heterocycles. The largest absolute Gasteiger partial charge is 0.463 e. The lowest BCUT2D eigenvalue weighted by atomic mass is 9.90. The van der Waals surface area contributed by atoms with E-state index in [1.54, 1.807) is 30.3 Å². The topological polar surface area (TPSA) is 76.0 Å². The number of hydrogen-bond acceptors (Lipinski definition) is 5. The predicted octanol–water partition coefficient (Wildman–Crippen LogP) is 4.86. The number of unbranched alkanes of at least 4 members (excludes halogenated alkanes) is 1. The number of allylic oxidation sites excluding steroid dienone is 4. The molecule has 170 valence electrons. The summed E-state index contributed by atoms with van der Waals surface area (Å²) in [6, 6.07) is 8.88. The maximum absolute atomic E-state index is 14.1. The van der Waals surface area contributed by atoms with Gasteiger partial charge >= 0.3 is 5.97 Å². The molecular weight excluding hydrogens is 399 g/mol. The van der Waals surface area contributed by atoms with Crippen molar-refractivity contribution in [3.63, 3.8) is 0 Å². The standard InChI is InChI=1S/C25H33FO5/c1-18(2)31-25(29)13-9-4-3-8-12-21-22(24(28)16-23(21)27)15-14-19(26)17-30-20-10-6-5-7-11-20/h3,5-8,10-11,14-15,17-18,21-24,27-28H,4,9,12-13,16H2,1-2H3/b8-3-,15-14+,19-17-/t21-,22+,23+,24-/m1/s1. The minimum Gasteiger partial charge on any atom is -0.463 e. The van der Waals surface area contributed by atoms with Crippen LogP contribution >= 0.6 is 0 Å². The van der Waals surface area contributed by atoms with Crippen molar-refractivity contribution in [1.29, 1.82) is 0 Å². The van der Waals surface area contributed by atoms with Crippen LogP contribution in [0.5, 0.6) is 5.75 Å². The van der Waals surface area contributed by atoms with Crippen LogP contribution in [0, 0.1) is 11.8 Å². The fraction of sp³-hybridized carbons (Fsp3) is 0.480. The van der Waals surface area contributed by atoms with Crippen LogP contribution in [-0.2, 0) is 9.53 Å². The molecule has 4 atom stereocenters. The van der Waals surface area contributed by atoms with E-state index in [2.05, 4.69) is 0 Å². The second-order valence-electron chi connectivity index (χ2n) is 8.04. The van der Waals surface area contributed by atoms with Crippen LogP contribution in [0.4, 0.5) is 4.39 Å². The van der Waals surface area contributed by atoms with E-state index < -0.39 is 18.0 Å². The van der Waals surface area contributed by atoms with Gasteiger partial charge in [-0.3, -0.25) is 4.79 Å². The summed E-state index contributed by atoms with van der Waals surface area (Å²) < 4.78 is 24.4. The first kappa shape index (κ1) is 24.8. The predicted molar refractivity (Wildman–Crippen MR) is 118 cm³/mol. The van der Waals surface area contributed by atoms with Gasteiger partial charge in [-0.15, -0.1) is 0 Å². The minimum absolute atomic E-state index is 0.104. The van der Waals surface area contributed by atoms with Crippen molar-refractivity contribution in [1.82, 2.24) is 0 Å². The number of rotatable bonds is 11. The third-order valence-corrected chi connectivity index (χ3v) is 5.14. The maximum Gasteiger partial charge on any atom is 0.306 e. The average Bonchev–Trinajstić information content (AvgIpc) is 3.00. The minimum atomic E-state index is -0.724. The van der Waals surface area contributed by atoms with Gasteiger partial charge in [0.05, 0.1) is 18.3 Å². The summed E-state index contributed by atoms with van der Waals surface area (Å²) in [7, 11) is 0. The number of carbonyl (C=O) groups is 1. The highest BCUT2D eigenvalue weighted by molar-refractivity contribution is 5.69. The van der Waals surface area contributed by atoms with Crippen LogP contribution in [0.1, 0.15) is 46.0 Å². The van der Waals surface area contributed by atoms with Crippen LogP contribution in [0.25, 0.3) is 0 Å². The second kappa shape index (κ2) is 13.1. The van der Waals surface area contributed by atoms with Crippen LogP contribution in [0.15, 0.2) is 66.7 Å². The molecule has 0 amide bonds. The first-order valence-electron chi connectivity index (χ1n) is 10.8. The van der Waals surface area contributed by atoms with E-state index in [0.717, 1.165) is 12.7 Å². The first-order chi connectivity index (χ1) is 14.9. The highest BCUT2D eigenvalue weighted by Gasteiger charge is 2.39. The fourth-order valence-corrected chi connectivity index (χ4v) is 3.63. The Hall–Kier alpha value is -2.44. The van der Waals surface area contributed by atoms with Crippen molar-refractivity contribution in [2.75, 3.05) is 0 Å². The molecule has 6 heteroatoms. The summed E-state index contributed by atoms with van der Waals surface area (Å²) in [5, 5.41) is 20.5. The number of hydrogen-bond donors (Lipinski definition) is 2. The number of esters is 1. The summed E-state index contributed by atoms with van der Waals surface area (Å²) >= 11 is 0. The van der Waals surface area contributed by atoms with Gasteiger partial charge in [-0.2, -0.15) is 0 Å². The van der Waals surface area contributed by atoms with Crippen molar-refractivity contribution in [3.8, 4) is 5.75 Å². The lowest BCUT2D eigenvalue weighted by molar-refractivity contribution is -0.147. The molecule has 0 bridgehead atoms. The normalized spacial score (nSPS) is 24.4. The van der Waals surface area contributed by atoms with Gasteiger partial charge in [-0.25, -0.2) is 4.39 Å². The van der Waals surface area contributed by atoms with Crippen molar-refractivity contribution >= 4 is 5.97 Å². The monoisotopic (exact) mass is 432 g/mol. The highest BCUT2D eigenvalue weighted by Crippen LogP contribution is 2.36. The quantitative estimate of drug-likeness (QED) is 0.172. The van der Waals surface area contributed by atoms with E-state index in [9.17, 15) is 19.4 Å². The Kier molecular flexibility index (Phi) is 10.5. The molecule has 0 aromatic heterocycles. The Labute approximate surface area is 183 Å². The molecule has 0 heterocycles. The molecule has 31 heavy (non-hydrogen) atoms. The Balaban J connectivity index is 1.82.